The summed E-state index contributed by atoms with van der Waals surface area (Å²) in [6, 6.07) is 4.89. The molecular weight excluding hydrogens is 328 g/mol. The van der Waals surface area contributed by atoms with Gasteiger partial charge in [-0.25, -0.2) is 0 Å². The molecule has 0 saturated heterocycles. The van der Waals surface area contributed by atoms with Gasteiger partial charge in [0.15, 0.2) is 0 Å². The highest BCUT2D eigenvalue weighted by Crippen LogP contribution is 2.22. The Morgan fingerprint density at radius 2 is 2.16 bits per heavy atom. The molecule has 1 aromatic rings. The molecule has 106 valence electrons. The van der Waals surface area contributed by atoms with Gasteiger partial charge in [-0.05, 0) is 43.0 Å². The number of nitro benzene ring substituents is 1. The maximum Gasteiger partial charge on any atom is 0.270 e. The first kappa shape index (κ1) is 16.5. The van der Waals surface area contributed by atoms with Gasteiger partial charge in [0, 0.05) is 23.2 Å². The minimum Gasteiger partial charge on any atom is -0.313 e. The first-order valence-electron chi connectivity index (χ1n) is 6.27. The van der Waals surface area contributed by atoms with E-state index in [-0.39, 0.29) is 10.6 Å². The van der Waals surface area contributed by atoms with E-state index in [1.807, 2.05) is 11.8 Å². The Labute approximate surface area is 126 Å². The van der Waals surface area contributed by atoms with Gasteiger partial charge in [-0.1, -0.05) is 22.4 Å². The molecule has 1 N–H and O–H groups in total. The Morgan fingerprint density at radius 3 is 2.79 bits per heavy atom. The van der Waals surface area contributed by atoms with Gasteiger partial charge < -0.3 is 5.32 Å². The molecule has 0 aliphatic heterocycles. The Kier molecular flexibility index (Phi) is 8.09. The van der Waals surface area contributed by atoms with Crippen LogP contribution in [0.2, 0.25) is 0 Å². The highest BCUT2D eigenvalue weighted by Gasteiger charge is 2.08. The number of nitro groups is 1. The fourth-order valence-corrected chi connectivity index (χ4v) is 2.69. The molecule has 0 saturated carbocycles. The molecule has 1 rings (SSSR count). The van der Waals surface area contributed by atoms with Crippen molar-refractivity contribution in [3.05, 3.63) is 38.3 Å². The molecule has 19 heavy (non-hydrogen) atoms. The van der Waals surface area contributed by atoms with Crippen LogP contribution in [0.25, 0.3) is 0 Å². The predicted octanol–water partition coefficient (Wildman–Crippen LogP) is 3.98. The molecule has 1 aromatic carbocycles. The summed E-state index contributed by atoms with van der Waals surface area (Å²) in [5.74, 6) is 1.23. The summed E-state index contributed by atoms with van der Waals surface area (Å²) >= 11 is 5.26. The average Bonchev–Trinajstić information content (AvgIpc) is 2.39. The van der Waals surface area contributed by atoms with Gasteiger partial charge in [-0.3, -0.25) is 10.1 Å². The first-order chi connectivity index (χ1) is 9.15. The van der Waals surface area contributed by atoms with Crippen molar-refractivity contribution < 1.29 is 4.92 Å². The van der Waals surface area contributed by atoms with E-state index >= 15 is 0 Å². The third kappa shape index (κ3) is 6.40. The van der Waals surface area contributed by atoms with Crippen LogP contribution in [0.1, 0.15) is 24.8 Å². The number of nitrogens with zero attached hydrogens (tertiary/aromatic N) is 1. The largest absolute Gasteiger partial charge is 0.313 e. The Morgan fingerprint density at radius 1 is 1.37 bits per heavy atom. The van der Waals surface area contributed by atoms with E-state index in [4.69, 9.17) is 0 Å². The van der Waals surface area contributed by atoms with E-state index < -0.39 is 0 Å². The van der Waals surface area contributed by atoms with Crippen molar-refractivity contribution in [3.8, 4) is 0 Å². The molecule has 0 unspecified atom stereocenters. The molecule has 0 aromatic heterocycles. The first-order valence-corrected chi connectivity index (χ1v) is 8.46. The quantitative estimate of drug-likeness (QED) is 0.417. The lowest BCUT2D eigenvalue weighted by atomic mass is 10.2. The lowest BCUT2D eigenvalue weighted by Gasteiger charge is -2.06. The highest BCUT2D eigenvalue weighted by atomic mass is 79.9. The minimum absolute atomic E-state index is 0.118. The van der Waals surface area contributed by atoms with Gasteiger partial charge in [0.1, 0.15) is 0 Å². The summed E-state index contributed by atoms with van der Waals surface area (Å²) < 4.78 is 0.789. The summed E-state index contributed by atoms with van der Waals surface area (Å²) in [5, 5.41) is 14.0. The van der Waals surface area contributed by atoms with Crippen LogP contribution < -0.4 is 5.32 Å². The highest BCUT2D eigenvalue weighted by molar-refractivity contribution is 9.10. The van der Waals surface area contributed by atoms with Crippen LogP contribution in [0.4, 0.5) is 5.69 Å². The van der Waals surface area contributed by atoms with E-state index in [0.717, 1.165) is 23.1 Å². The number of non-ortho nitro benzene ring substituents is 1. The molecular formula is C13H19BrN2O2S. The number of hydrogen-bond acceptors (Lipinski definition) is 4. The standard InChI is InChI=1S/C13H19BrN2O2S/c1-19-8-4-2-3-7-15-10-11-5-6-12(16(17)18)9-13(11)14/h5-6,9,15H,2-4,7-8,10H2,1H3. The number of halogens is 1. The second-order valence-electron chi connectivity index (χ2n) is 4.26. The fourth-order valence-electron chi connectivity index (χ4n) is 1.69. The summed E-state index contributed by atoms with van der Waals surface area (Å²) in [7, 11) is 0. The number of benzene rings is 1. The molecule has 0 aliphatic rings. The number of hydrogen-bond donors (Lipinski definition) is 1. The summed E-state index contributed by atoms with van der Waals surface area (Å²) in [6.07, 6.45) is 5.81. The van der Waals surface area contributed by atoms with Crippen LogP contribution >= 0.6 is 27.7 Å². The summed E-state index contributed by atoms with van der Waals surface area (Å²) in [5.41, 5.74) is 1.17. The zero-order chi connectivity index (χ0) is 14.1. The second kappa shape index (κ2) is 9.34. The van der Waals surface area contributed by atoms with Crippen LogP contribution in [0.15, 0.2) is 22.7 Å². The monoisotopic (exact) mass is 346 g/mol. The van der Waals surface area contributed by atoms with Gasteiger partial charge >= 0.3 is 0 Å². The molecule has 0 spiro atoms. The Bertz CT molecular complexity index is 416. The van der Waals surface area contributed by atoms with E-state index in [9.17, 15) is 10.1 Å². The van der Waals surface area contributed by atoms with Crippen molar-refractivity contribution in [1.82, 2.24) is 5.32 Å². The van der Waals surface area contributed by atoms with Crippen molar-refractivity contribution in [2.75, 3.05) is 18.6 Å². The lowest BCUT2D eigenvalue weighted by Crippen LogP contribution is -2.15. The van der Waals surface area contributed by atoms with Gasteiger partial charge in [-0.2, -0.15) is 11.8 Å². The van der Waals surface area contributed by atoms with Gasteiger partial charge in [-0.15, -0.1) is 0 Å². The van der Waals surface area contributed by atoms with Crippen molar-refractivity contribution in [2.45, 2.75) is 25.8 Å². The van der Waals surface area contributed by atoms with Gasteiger partial charge in [0.25, 0.3) is 5.69 Å². The molecule has 6 heteroatoms. The zero-order valence-electron chi connectivity index (χ0n) is 11.0. The number of thioether (sulfide) groups is 1. The number of unbranched alkanes of at least 4 members (excludes halogenated alkanes) is 2. The number of rotatable bonds is 9. The molecule has 4 nitrogen and oxygen atoms in total. The van der Waals surface area contributed by atoms with Gasteiger partial charge in [0.2, 0.25) is 0 Å². The molecule has 0 aliphatic carbocycles. The van der Waals surface area contributed by atoms with Crippen molar-refractivity contribution >= 4 is 33.4 Å². The topological polar surface area (TPSA) is 55.2 Å². The zero-order valence-corrected chi connectivity index (χ0v) is 13.4. The Hall–Kier alpha value is -0.590. The molecule has 0 radical (unpaired) electrons. The van der Waals surface area contributed by atoms with E-state index in [1.54, 1.807) is 18.2 Å². The minimum atomic E-state index is -0.381. The van der Waals surface area contributed by atoms with Crippen LogP contribution in [-0.2, 0) is 6.54 Å². The lowest BCUT2D eigenvalue weighted by molar-refractivity contribution is -0.384. The SMILES string of the molecule is CSCCCCCNCc1ccc([N+](=O)[O-])cc1Br. The predicted molar refractivity (Wildman–Crippen MR) is 84.7 cm³/mol. The molecule has 0 amide bonds. The van der Waals surface area contributed by atoms with E-state index in [2.05, 4.69) is 27.5 Å². The smallest absolute Gasteiger partial charge is 0.270 e. The van der Waals surface area contributed by atoms with Crippen molar-refractivity contribution in [2.24, 2.45) is 0 Å². The van der Waals surface area contributed by atoms with Gasteiger partial charge in [0.05, 0.1) is 4.92 Å². The maximum atomic E-state index is 10.6. The van der Waals surface area contributed by atoms with E-state index in [1.165, 1.54) is 25.0 Å². The third-order valence-corrected chi connectivity index (χ3v) is 4.20. The van der Waals surface area contributed by atoms with Crippen LogP contribution in [-0.4, -0.2) is 23.5 Å². The fraction of sp³-hybridized carbons (Fsp3) is 0.538. The van der Waals surface area contributed by atoms with Crippen molar-refractivity contribution in [3.63, 3.8) is 0 Å². The summed E-state index contributed by atoms with van der Waals surface area (Å²) in [6.45, 7) is 1.72. The van der Waals surface area contributed by atoms with Crippen LogP contribution in [0, 0.1) is 10.1 Å². The van der Waals surface area contributed by atoms with Crippen LogP contribution in [0.3, 0.4) is 0 Å². The Balaban J connectivity index is 2.28. The van der Waals surface area contributed by atoms with Crippen LogP contribution in [0.5, 0.6) is 0 Å². The molecule has 0 atom stereocenters. The maximum absolute atomic E-state index is 10.6. The van der Waals surface area contributed by atoms with Crippen molar-refractivity contribution in [1.29, 1.82) is 0 Å². The third-order valence-electron chi connectivity index (χ3n) is 2.76. The second-order valence-corrected chi connectivity index (χ2v) is 6.10. The average molecular weight is 347 g/mol. The molecule has 0 bridgehead atoms. The van der Waals surface area contributed by atoms with E-state index in [0.29, 0.717) is 0 Å². The number of nitrogens with one attached hydrogen (secondary N) is 1. The summed E-state index contributed by atoms with van der Waals surface area (Å²) in [4.78, 5) is 10.2. The normalized spacial score (nSPS) is 10.6. The molecule has 0 heterocycles. The molecule has 0 fully saturated rings.